The molecule has 0 spiro atoms. The first kappa shape index (κ1) is 12.9. The molecule has 2 heteroatoms. The van der Waals surface area contributed by atoms with Crippen molar-refractivity contribution in [3.05, 3.63) is 46.3 Å². The molecule has 3 rings (SSSR count). The van der Waals surface area contributed by atoms with Crippen LogP contribution in [0.15, 0.2) is 30.3 Å². The van der Waals surface area contributed by atoms with Crippen LogP contribution in [0, 0.1) is 0 Å². The summed E-state index contributed by atoms with van der Waals surface area (Å²) in [5.74, 6) is 0. The zero-order chi connectivity index (χ0) is 13.1. The summed E-state index contributed by atoms with van der Waals surface area (Å²) in [5, 5.41) is 3.40. The molecule has 1 aromatic carbocycles. The van der Waals surface area contributed by atoms with Gasteiger partial charge >= 0.3 is 0 Å². The molecule has 1 aliphatic rings. The average Bonchev–Trinajstić information content (AvgIpc) is 2.93. The fourth-order valence-corrected chi connectivity index (χ4v) is 3.91. The van der Waals surface area contributed by atoms with Crippen LogP contribution in [0.3, 0.4) is 0 Å². The van der Waals surface area contributed by atoms with Crippen molar-refractivity contribution in [3.8, 4) is 10.4 Å². The topological polar surface area (TPSA) is 12.0 Å². The Hall–Kier alpha value is -1.12. The Kier molecular flexibility index (Phi) is 4.00. The van der Waals surface area contributed by atoms with Gasteiger partial charge in [0.15, 0.2) is 0 Å². The second-order valence-corrected chi connectivity index (χ2v) is 6.36. The number of thiophene rings is 1. The maximum absolute atomic E-state index is 3.40. The standard InChI is InChI=1S/C17H21NS/c1-2-18-12-14-10-11-17(19-14)16-9-5-7-13-6-3-4-8-15(13)16/h5,7,9-11,18H,2-4,6,8,12H2,1H3. The van der Waals surface area contributed by atoms with Crippen molar-refractivity contribution < 1.29 is 0 Å². The minimum absolute atomic E-state index is 0.996. The molecule has 0 amide bonds. The second-order valence-electron chi connectivity index (χ2n) is 5.20. The fourth-order valence-electron chi connectivity index (χ4n) is 2.88. The first-order chi connectivity index (χ1) is 9.38. The van der Waals surface area contributed by atoms with Gasteiger partial charge in [0.2, 0.25) is 0 Å². The predicted octanol–water partition coefficient (Wildman–Crippen LogP) is 4.40. The van der Waals surface area contributed by atoms with Gasteiger partial charge in [-0.05, 0) is 61.1 Å². The molecule has 0 radical (unpaired) electrons. The van der Waals surface area contributed by atoms with E-state index in [2.05, 4.69) is 42.6 Å². The highest BCUT2D eigenvalue weighted by Gasteiger charge is 2.14. The lowest BCUT2D eigenvalue weighted by Crippen LogP contribution is -2.10. The van der Waals surface area contributed by atoms with Crippen molar-refractivity contribution in [2.24, 2.45) is 0 Å². The summed E-state index contributed by atoms with van der Waals surface area (Å²) < 4.78 is 0. The normalized spacial score (nSPS) is 14.4. The number of benzene rings is 1. The lowest BCUT2D eigenvalue weighted by molar-refractivity contribution is 0.687. The number of rotatable bonds is 4. The van der Waals surface area contributed by atoms with E-state index in [9.17, 15) is 0 Å². The first-order valence-electron chi connectivity index (χ1n) is 7.29. The van der Waals surface area contributed by atoms with Gasteiger partial charge in [-0.25, -0.2) is 0 Å². The van der Waals surface area contributed by atoms with Gasteiger partial charge in [-0.2, -0.15) is 0 Å². The molecule has 2 aromatic rings. The summed E-state index contributed by atoms with van der Waals surface area (Å²) in [6, 6.07) is 11.4. The van der Waals surface area contributed by atoms with E-state index in [4.69, 9.17) is 0 Å². The largest absolute Gasteiger partial charge is 0.312 e. The van der Waals surface area contributed by atoms with Gasteiger partial charge in [0.25, 0.3) is 0 Å². The maximum atomic E-state index is 3.40. The van der Waals surface area contributed by atoms with E-state index in [1.807, 2.05) is 11.3 Å². The van der Waals surface area contributed by atoms with Gasteiger partial charge in [0.1, 0.15) is 0 Å². The monoisotopic (exact) mass is 271 g/mol. The molecule has 0 bridgehead atoms. The van der Waals surface area contributed by atoms with Crippen molar-refractivity contribution in [1.29, 1.82) is 0 Å². The van der Waals surface area contributed by atoms with Crippen LogP contribution in [-0.2, 0) is 19.4 Å². The van der Waals surface area contributed by atoms with E-state index in [0.29, 0.717) is 0 Å². The van der Waals surface area contributed by atoms with Crippen molar-refractivity contribution in [1.82, 2.24) is 5.32 Å². The third kappa shape index (κ3) is 2.75. The minimum atomic E-state index is 0.996. The number of aryl methyl sites for hydroxylation is 1. The average molecular weight is 271 g/mol. The molecule has 1 aromatic heterocycles. The fraction of sp³-hybridized carbons (Fsp3) is 0.412. The molecular weight excluding hydrogens is 250 g/mol. The van der Waals surface area contributed by atoms with Gasteiger partial charge in [-0.3, -0.25) is 0 Å². The van der Waals surface area contributed by atoms with Crippen LogP contribution in [0.25, 0.3) is 10.4 Å². The lowest BCUT2D eigenvalue weighted by Gasteiger charge is -2.18. The first-order valence-corrected chi connectivity index (χ1v) is 8.10. The summed E-state index contributed by atoms with van der Waals surface area (Å²) in [6.07, 6.45) is 5.22. The molecule has 100 valence electrons. The molecule has 1 N–H and O–H groups in total. The summed E-state index contributed by atoms with van der Waals surface area (Å²) in [6.45, 7) is 4.19. The van der Waals surface area contributed by atoms with Gasteiger partial charge in [0.05, 0.1) is 0 Å². The lowest BCUT2D eigenvalue weighted by atomic mass is 9.88. The van der Waals surface area contributed by atoms with E-state index in [1.165, 1.54) is 41.0 Å². The Morgan fingerprint density at radius 2 is 2.00 bits per heavy atom. The van der Waals surface area contributed by atoms with E-state index in [1.54, 1.807) is 11.1 Å². The molecule has 0 saturated carbocycles. The molecule has 0 saturated heterocycles. The quantitative estimate of drug-likeness (QED) is 0.869. The Balaban J connectivity index is 1.91. The van der Waals surface area contributed by atoms with Crippen molar-refractivity contribution in [3.63, 3.8) is 0 Å². The van der Waals surface area contributed by atoms with Crippen molar-refractivity contribution in [2.75, 3.05) is 6.54 Å². The summed E-state index contributed by atoms with van der Waals surface area (Å²) in [5.41, 5.74) is 4.65. The zero-order valence-electron chi connectivity index (χ0n) is 11.5. The summed E-state index contributed by atoms with van der Waals surface area (Å²) in [4.78, 5) is 2.87. The Labute approximate surface area is 119 Å². The minimum Gasteiger partial charge on any atom is -0.312 e. The van der Waals surface area contributed by atoms with E-state index in [-0.39, 0.29) is 0 Å². The molecule has 0 atom stereocenters. The molecular formula is C17H21NS. The van der Waals surface area contributed by atoms with Crippen LogP contribution in [0.1, 0.15) is 35.8 Å². The van der Waals surface area contributed by atoms with E-state index in [0.717, 1.165) is 13.1 Å². The van der Waals surface area contributed by atoms with Crippen LogP contribution in [0.2, 0.25) is 0 Å². The maximum Gasteiger partial charge on any atom is 0.0349 e. The summed E-state index contributed by atoms with van der Waals surface area (Å²) in [7, 11) is 0. The Bertz CT molecular complexity index is 556. The van der Waals surface area contributed by atoms with E-state index < -0.39 is 0 Å². The Morgan fingerprint density at radius 3 is 2.89 bits per heavy atom. The predicted molar refractivity (Wildman–Crippen MR) is 83.8 cm³/mol. The van der Waals surface area contributed by atoms with Gasteiger partial charge < -0.3 is 5.32 Å². The van der Waals surface area contributed by atoms with Crippen LogP contribution in [0.5, 0.6) is 0 Å². The third-order valence-electron chi connectivity index (χ3n) is 3.87. The SMILES string of the molecule is CCNCc1ccc(-c2cccc3c2CCCC3)s1. The number of nitrogens with one attached hydrogen (secondary N) is 1. The van der Waals surface area contributed by atoms with Crippen LogP contribution < -0.4 is 5.32 Å². The zero-order valence-corrected chi connectivity index (χ0v) is 12.4. The Morgan fingerprint density at radius 1 is 1.11 bits per heavy atom. The van der Waals surface area contributed by atoms with Gasteiger partial charge in [0, 0.05) is 16.3 Å². The van der Waals surface area contributed by atoms with Crippen LogP contribution >= 0.6 is 11.3 Å². The molecule has 1 aliphatic carbocycles. The van der Waals surface area contributed by atoms with Crippen LogP contribution in [0.4, 0.5) is 0 Å². The highest BCUT2D eigenvalue weighted by Crippen LogP contribution is 2.35. The van der Waals surface area contributed by atoms with Crippen LogP contribution in [-0.4, -0.2) is 6.54 Å². The second kappa shape index (κ2) is 5.89. The number of fused-ring (bicyclic) bond motifs is 1. The van der Waals surface area contributed by atoms with Crippen molar-refractivity contribution in [2.45, 2.75) is 39.2 Å². The number of hydrogen-bond donors (Lipinski definition) is 1. The summed E-state index contributed by atoms with van der Waals surface area (Å²) >= 11 is 1.94. The molecule has 0 fully saturated rings. The molecule has 19 heavy (non-hydrogen) atoms. The highest BCUT2D eigenvalue weighted by molar-refractivity contribution is 7.15. The molecule has 0 unspecified atom stereocenters. The molecule has 1 nitrogen and oxygen atoms in total. The highest BCUT2D eigenvalue weighted by atomic mass is 32.1. The molecule has 0 aliphatic heterocycles. The number of hydrogen-bond acceptors (Lipinski definition) is 2. The van der Waals surface area contributed by atoms with Gasteiger partial charge in [-0.15, -0.1) is 11.3 Å². The molecule has 1 heterocycles. The van der Waals surface area contributed by atoms with E-state index >= 15 is 0 Å². The van der Waals surface area contributed by atoms with Gasteiger partial charge in [-0.1, -0.05) is 25.1 Å². The third-order valence-corrected chi connectivity index (χ3v) is 4.99. The van der Waals surface area contributed by atoms with Crippen molar-refractivity contribution >= 4 is 11.3 Å². The smallest absolute Gasteiger partial charge is 0.0349 e.